The summed E-state index contributed by atoms with van der Waals surface area (Å²) >= 11 is 3.50. The highest BCUT2D eigenvalue weighted by atomic mass is 79.9. The molecule has 1 aromatic carbocycles. The minimum atomic E-state index is 0.100. The number of methoxy groups -OCH3 is 1. The molecule has 0 bridgehead atoms. The van der Waals surface area contributed by atoms with E-state index in [1.54, 1.807) is 7.11 Å². The Labute approximate surface area is 152 Å². The van der Waals surface area contributed by atoms with Crippen LogP contribution in [-0.2, 0) is 0 Å². The third-order valence-electron chi connectivity index (χ3n) is 5.34. The van der Waals surface area contributed by atoms with E-state index in [4.69, 9.17) is 9.47 Å². The Morgan fingerprint density at radius 2 is 2.00 bits per heavy atom. The van der Waals surface area contributed by atoms with Crippen LogP contribution < -0.4 is 9.47 Å². The highest BCUT2D eigenvalue weighted by Crippen LogP contribution is 2.39. The third-order valence-corrected chi connectivity index (χ3v) is 5.93. The molecule has 1 aliphatic heterocycles. The zero-order valence-corrected chi connectivity index (χ0v) is 16.1. The van der Waals surface area contributed by atoms with Crippen LogP contribution in [0.4, 0.5) is 0 Å². The van der Waals surface area contributed by atoms with Crippen LogP contribution in [0.25, 0.3) is 0 Å². The van der Waals surface area contributed by atoms with Crippen molar-refractivity contribution in [3.8, 4) is 11.5 Å². The van der Waals surface area contributed by atoms with E-state index in [0.717, 1.165) is 29.9 Å². The van der Waals surface area contributed by atoms with Crippen molar-refractivity contribution in [1.82, 2.24) is 4.90 Å². The van der Waals surface area contributed by atoms with Gasteiger partial charge in [-0.3, -0.25) is 4.79 Å². The maximum atomic E-state index is 13.0. The van der Waals surface area contributed by atoms with Gasteiger partial charge in [0.1, 0.15) is 0 Å². The van der Waals surface area contributed by atoms with Gasteiger partial charge in [-0.15, -0.1) is 0 Å². The number of carbonyl (C=O) groups is 1. The number of benzene rings is 1. The number of fused-ring (bicyclic) bond motifs is 1. The summed E-state index contributed by atoms with van der Waals surface area (Å²) in [5.74, 6) is 2.86. The van der Waals surface area contributed by atoms with E-state index in [1.165, 1.54) is 25.7 Å². The predicted molar refractivity (Wildman–Crippen MR) is 97.8 cm³/mol. The smallest absolute Gasteiger partial charge is 0.254 e. The van der Waals surface area contributed by atoms with Crippen LogP contribution in [0.3, 0.4) is 0 Å². The molecule has 132 valence electrons. The molecule has 5 heteroatoms. The highest BCUT2D eigenvalue weighted by molar-refractivity contribution is 9.10. The number of halogens is 1. The van der Waals surface area contributed by atoms with Crippen LogP contribution in [0.1, 0.15) is 49.4 Å². The topological polar surface area (TPSA) is 38.8 Å². The van der Waals surface area contributed by atoms with Gasteiger partial charge in [0.2, 0.25) is 0 Å². The summed E-state index contributed by atoms with van der Waals surface area (Å²) < 4.78 is 11.8. The molecular weight excluding hydrogens is 370 g/mol. The van der Waals surface area contributed by atoms with Gasteiger partial charge in [-0.2, -0.15) is 0 Å². The average molecular weight is 396 g/mol. The number of hydrogen-bond acceptors (Lipinski definition) is 3. The first-order chi connectivity index (χ1) is 11.6. The number of carbonyl (C=O) groups excluding carboxylic acids is 1. The summed E-state index contributed by atoms with van der Waals surface area (Å²) in [4.78, 5) is 15.0. The van der Waals surface area contributed by atoms with Gasteiger partial charge in [0.15, 0.2) is 11.5 Å². The summed E-state index contributed by atoms with van der Waals surface area (Å²) in [5.41, 5.74) is 0.667. The standard InChI is InChI=1S/C19H26BrNO3/c1-3-24-17-11-15(10-16(20)18(17)23-2)19(22)21-9-8-13-6-4-5-7-14(13)12-21/h10-11,13-14H,3-9,12H2,1-2H3/t13-,14-/m1/s1. The van der Waals surface area contributed by atoms with Crippen LogP contribution >= 0.6 is 15.9 Å². The minimum Gasteiger partial charge on any atom is -0.492 e. The van der Waals surface area contributed by atoms with Crippen LogP contribution in [-0.4, -0.2) is 37.6 Å². The fraction of sp³-hybridized carbons (Fsp3) is 0.632. The van der Waals surface area contributed by atoms with Gasteiger partial charge >= 0.3 is 0 Å². The SMILES string of the molecule is CCOc1cc(C(=O)N2CC[C@H]3CCCC[C@@H]3C2)cc(Br)c1OC. The number of rotatable bonds is 4. The minimum absolute atomic E-state index is 0.100. The summed E-state index contributed by atoms with van der Waals surface area (Å²) in [7, 11) is 1.61. The second-order valence-corrected chi connectivity index (χ2v) is 7.62. The molecular formula is C19H26BrNO3. The molecule has 3 rings (SSSR count). The average Bonchev–Trinajstić information content (AvgIpc) is 2.60. The van der Waals surface area contributed by atoms with E-state index in [2.05, 4.69) is 15.9 Å². The molecule has 0 unspecified atom stereocenters. The molecule has 2 atom stereocenters. The van der Waals surface area contributed by atoms with Crippen LogP contribution in [0.15, 0.2) is 16.6 Å². The second kappa shape index (κ2) is 7.77. The van der Waals surface area contributed by atoms with Gasteiger partial charge < -0.3 is 14.4 Å². The van der Waals surface area contributed by atoms with Crippen molar-refractivity contribution < 1.29 is 14.3 Å². The second-order valence-electron chi connectivity index (χ2n) is 6.77. The molecule has 1 heterocycles. The number of ether oxygens (including phenoxy) is 2. The third kappa shape index (κ3) is 3.56. The van der Waals surface area contributed by atoms with Crippen molar-refractivity contribution in [3.05, 3.63) is 22.2 Å². The quantitative estimate of drug-likeness (QED) is 0.752. The van der Waals surface area contributed by atoms with Gasteiger partial charge in [0.25, 0.3) is 5.91 Å². The number of hydrogen-bond donors (Lipinski definition) is 0. The van der Waals surface area contributed by atoms with E-state index in [9.17, 15) is 4.79 Å². The molecule has 0 radical (unpaired) electrons. The molecule has 1 saturated heterocycles. The normalized spacial score (nSPS) is 23.5. The largest absolute Gasteiger partial charge is 0.492 e. The molecule has 1 aliphatic carbocycles. The first-order valence-corrected chi connectivity index (χ1v) is 9.73. The fourth-order valence-corrected chi connectivity index (χ4v) is 4.72. The van der Waals surface area contributed by atoms with Gasteiger partial charge in [-0.05, 0) is 59.7 Å². The maximum absolute atomic E-state index is 13.0. The van der Waals surface area contributed by atoms with E-state index < -0.39 is 0 Å². The molecule has 1 amide bonds. The summed E-state index contributed by atoms with van der Waals surface area (Å²) in [6.45, 7) is 4.23. The summed E-state index contributed by atoms with van der Waals surface area (Å²) in [6.07, 6.45) is 6.43. The van der Waals surface area contributed by atoms with Crippen molar-refractivity contribution in [2.75, 3.05) is 26.8 Å². The molecule has 1 saturated carbocycles. The molecule has 4 nitrogen and oxygen atoms in total. The Kier molecular flexibility index (Phi) is 5.69. The maximum Gasteiger partial charge on any atom is 0.254 e. The summed E-state index contributed by atoms with van der Waals surface area (Å²) in [6, 6.07) is 3.65. The Morgan fingerprint density at radius 3 is 2.71 bits per heavy atom. The Morgan fingerprint density at radius 1 is 1.25 bits per heavy atom. The molecule has 2 aliphatic rings. The van der Waals surface area contributed by atoms with Crippen molar-refractivity contribution in [2.45, 2.75) is 39.0 Å². The molecule has 0 aromatic heterocycles. The van der Waals surface area contributed by atoms with Gasteiger partial charge in [0, 0.05) is 18.7 Å². The first-order valence-electron chi connectivity index (χ1n) is 8.93. The lowest BCUT2D eigenvalue weighted by atomic mass is 9.75. The van der Waals surface area contributed by atoms with Crippen LogP contribution in [0, 0.1) is 11.8 Å². The van der Waals surface area contributed by atoms with Crippen molar-refractivity contribution in [2.24, 2.45) is 11.8 Å². The molecule has 24 heavy (non-hydrogen) atoms. The zero-order chi connectivity index (χ0) is 17.1. The summed E-state index contributed by atoms with van der Waals surface area (Å²) in [5, 5.41) is 0. The van der Waals surface area contributed by atoms with Gasteiger partial charge in [0.05, 0.1) is 18.2 Å². The fourth-order valence-electron chi connectivity index (χ4n) is 4.12. The predicted octanol–water partition coefficient (Wildman–Crippen LogP) is 4.51. The Bertz CT molecular complexity index is 605. The van der Waals surface area contributed by atoms with Crippen molar-refractivity contribution in [1.29, 1.82) is 0 Å². The van der Waals surface area contributed by atoms with Crippen molar-refractivity contribution >= 4 is 21.8 Å². The lowest BCUT2D eigenvalue weighted by Crippen LogP contribution is -2.44. The number of likely N-dealkylation sites (tertiary alicyclic amines) is 1. The van der Waals surface area contributed by atoms with Crippen molar-refractivity contribution in [3.63, 3.8) is 0 Å². The van der Waals surface area contributed by atoms with Gasteiger partial charge in [-0.25, -0.2) is 0 Å². The first kappa shape index (κ1) is 17.6. The van der Waals surface area contributed by atoms with E-state index in [-0.39, 0.29) is 5.91 Å². The van der Waals surface area contributed by atoms with Gasteiger partial charge in [-0.1, -0.05) is 19.3 Å². The zero-order valence-electron chi connectivity index (χ0n) is 14.5. The monoisotopic (exact) mass is 395 g/mol. The lowest BCUT2D eigenvalue weighted by Gasteiger charge is -2.41. The van der Waals surface area contributed by atoms with Crippen LogP contribution in [0.2, 0.25) is 0 Å². The molecule has 0 N–H and O–H groups in total. The highest BCUT2D eigenvalue weighted by Gasteiger charge is 2.33. The molecule has 0 spiro atoms. The molecule has 2 fully saturated rings. The van der Waals surface area contributed by atoms with E-state index in [1.807, 2.05) is 24.0 Å². The number of piperidine rings is 1. The Hall–Kier alpha value is -1.23. The van der Waals surface area contributed by atoms with E-state index >= 15 is 0 Å². The molecule has 1 aromatic rings. The Balaban J connectivity index is 1.79. The lowest BCUT2D eigenvalue weighted by molar-refractivity contribution is 0.0520. The number of amides is 1. The van der Waals surface area contributed by atoms with E-state index in [0.29, 0.717) is 29.6 Å². The number of nitrogens with zero attached hydrogens (tertiary/aromatic N) is 1. The van der Waals surface area contributed by atoms with Crippen LogP contribution in [0.5, 0.6) is 11.5 Å².